The van der Waals surface area contributed by atoms with Crippen molar-refractivity contribution >= 4 is 5.91 Å². The summed E-state index contributed by atoms with van der Waals surface area (Å²) in [7, 11) is 0. The third kappa shape index (κ3) is 36.4. The van der Waals surface area contributed by atoms with E-state index in [4.69, 9.17) is 0 Å². The van der Waals surface area contributed by atoms with Gasteiger partial charge in [-0.25, -0.2) is 0 Å². The fraction of sp³-hybridized carbons (Fsp3) is 0.936. The molecule has 0 aliphatic rings. The molecule has 0 aromatic carbocycles. The minimum absolute atomic E-state index is 0.357. The molecule has 0 aliphatic heterocycles. The fourth-order valence-electron chi connectivity index (χ4n) is 7.46. The molecule has 0 saturated heterocycles. The highest BCUT2D eigenvalue weighted by Gasteiger charge is 2.28. The summed E-state index contributed by atoms with van der Waals surface area (Å²) in [5.41, 5.74) is 0. The van der Waals surface area contributed by atoms with Crippen LogP contribution in [0, 0.1) is 0 Å². The van der Waals surface area contributed by atoms with Crippen LogP contribution in [0.5, 0.6) is 0 Å². The van der Waals surface area contributed by atoms with E-state index in [1.165, 1.54) is 173 Å². The molecule has 0 saturated carbocycles. The lowest BCUT2D eigenvalue weighted by Gasteiger charge is -2.27. The van der Waals surface area contributed by atoms with E-state index in [2.05, 4.69) is 31.3 Å². The molecule has 0 bridgehead atoms. The van der Waals surface area contributed by atoms with E-state index in [-0.39, 0.29) is 0 Å². The van der Waals surface area contributed by atoms with Crippen molar-refractivity contribution in [2.45, 2.75) is 276 Å². The number of unbranched alkanes of at least 4 members (excludes halogenated alkanes) is 32. The fourth-order valence-corrected chi connectivity index (χ4v) is 7.46. The molecule has 0 aromatic rings. The predicted molar refractivity (Wildman–Crippen MR) is 228 cm³/mol. The molecule has 0 aromatic heterocycles. The first-order chi connectivity index (χ1) is 26.0. The molecule has 0 rings (SSSR count). The van der Waals surface area contributed by atoms with Gasteiger partial charge in [-0.05, 0) is 38.5 Å². The summed E-state index contributed by atoms with van der Waals surface area (Å²) in [5.74, 6) is -0.590. The van der Waals surface area contributed by atoms with Crippen LogP contribution in [0.4, 0.5) is 0 Å². The van der Waals surface area contributed by atoms with Crippen molar-refractivity contribution in [2.75, 3.05) is 6.61 Å². The quantitative estimate of drug-likeness (QED) is 0.0315. The molecule has 53 heavy (non-hydrogen) atoms. The van der Waals surface area contributed by atoms with Gasteiger partial charge in [0.05, 0.1) is 18.8 Å². The Morgan fingerprint density at radius 3 is 1.09 bits per heavy atom. The van der Waals surface area contributed by atoms with Crippen LogP contribution in [-0.2, 0) is 4.79 Å². The molecule has 1 amide bonds. The number of hydrogen-bond donors (Lipinski definition) is 5. The number of rotatable bonds is 43. The molecule has 6 nitrogen and oxygen atoms in total. The Hall–Kier alpha value is -0.950. The van der Waals surface area contributed by atoms with E-state index in [9.17, 15) is 25.2 Å². The number of aliphatic hydroxyl groups excluding tert-OH is 4. The first-order valence-corrected chi connectivity index (χ1v) is 23.6. The first-order valence-electron chi connectivity index (χ1n) is 23.6. The van der Waals surface area contributed by atoms with Crippen LogP contribution >= 0.6 is 0 Å². The first kappa shape index (κ1) is 52.0. The number of carbonyl (C=O) groups excluding carboxylic acids is 1. The number of hydrogen-bond acceptors (Lipinski definition) is 5. The number of nitrogens with one attached hydrogen (secondary N) is 1. The molecule has 6 heteroatoms. The number of aliphatic hydroxyl groups is 4. The Morgan fingerprint density at radius 1 is 0.453 bits per heavy atom. The maximum atomic E-state index is 12.5. The Kier molecular flexibility index (Phi) is 41.4. The van der Waals surface area contributed by atoms with Crippen LogP contribution in [0.25, 0.3) is 0 Å². The van der Waals surface area contributed by atoms with Crippen molar-refractivity contribution in [1.82, 2.24) is 5.32 Å². The molecular formula is C47H93NO5. The summed E-state index contributed by atoms with van der Waals surface area (Å²) in [4.78, 5) is 12.5. The lowest BCUT2D eigenvalue weighted by molar-refractivity contribution is -0.132. The zero-order valence-electron chi connectivity index (χ0n) is 35.5. The Bertz CT molecular complexity index is 761. The molecule has 0 fully saturated rings. The summed E-state index contributed by atoms with van der Waals surface area (Å²) in [5, 5.41) is 43.8. The molecule has 0 aliphatic carbocycles. The maximum absolute atomic E-state index is 12.5. The molecule has 0 spiro atoms. The van der Waals surface area contributed by atoms with Gasteiger partial charge in [-0.1, -0.05) is 225 Å². The average Bonchev–Trinajstić information content (AvgIpc) is 3.16. The van der Waals surface area contributed by atoms with Crippen LogP contribution in [0.15, 0.2) is 12.2 Å². The summed E-state index contributed by atoms with van der Waals surface area (Å²) < 4.78 is 0. The average molecular weight is 752 g/mol. The van der Waals surface area contributed by atoms with Crippen LogP contribution < -0.4 is 5.32 Å². The van der Waals surface area contributed by atoms with Crippen LogP contribution in [0.1, 0.15) is 251 Å². The van der Waals surface area contributed by atoms with E-state index in [1.54, 1.807) is 0 Å². The van der Waals surface area contributed by atoms with Crippen LogP contribution in [0.2, 0.25) is 0 Å². The molecule has 316 valence electrons. The summed E-state index contributed by atoms with van der Waals surface area (Å²) >= 11 is 0. The molecule has 0 heterocycles. The normalized spacial score (nSPS) is 14.2. The Labute approximate surface area is 330 Å². The van der Waals surface area contributed by atoms with Gasteiger partial charge in [0.15, 0.2) is 0 Å². The van der Waals surface area contributed by atoms with Gasteiger partial charge in [-0.2, -0.15) is 0 Å². The van der Waals surface area contributed by atoms with Gasteiger partial charge in [-0.3, -0.25) is 4.79 Å². The molecular weight excluding hydrogens is 659 g/mol. The van der Waals surface area contributed by atoms with Crippen LogP contribution in [-0.4, -0.2) is 57.3 Å². The smallest absolute Gasteiger partial charge is 0.249 e. The van der Waals surface area contributed by atoms with E-state index in [0.29, 0.717) is 12.8 Å². The van der Waals surface area contributed by atoms with Crippen molar-refractivity contribution in [3.63, 3.8) is 0 Å². The number of allylic oxidation sites excluding steroid dienone is 2. The number of carbonyl (C=O) groups is 1. The lowest BCUT2D eigenvalue weighted by atomic mass is 9.99. The second-order valence-corrected chi connectivity index (χ2v) is 16.5. The maximum Gasteiger partial charge on any atom is 0.249 e. The highest BCUT2D eigenvalue weighted by molar-refractivity contribution is 5.80. The minimum Gasteiger partial charge on any atom is -0.394 e. The Morgan fingerprint density at radius 2 is 0.755 bits per heavy atom. The second kappa shape index (κ2) is 42.2. The van der Waals surface area contributed by atoms with E-state index >= 15 is 0 Å². The lowest BCUT2D eigenvalue weighted by Crippen LogP contribution is -2.53. The van der Waals surface area contributed by atoms with Gasteiger partial charge in [0.25, 0.3) is 0 Å². The van der Waals surface area contributed by atoms with Crippen molar-refractivity contribution in [3.05, 3.63) is 12.2 Å². The van der Waals surface area contributed by atoms with E-state index in [0.717, 1.165) is 51.4 Å². The highest BCUT2D eigenvalue weighted by Crippen LogP contribution is 2.17. The topological polar surface area (TPSA) is 110 Å². The monoisotopic (exact) mass is 752 g/mol. The SMILES string of the molecule is CCCCCCCCC/C=C\CCCCCCC(O)C(=O)NC(CO)C(O)C(O)CCCCCCCCCCCCCCCCCCCCCCCC. The van der Waals surface area contributed by atoms with Crippen molar-refractivity contribution in [2.24, 2.45) is 0 Å². The Balaban J connectivity index is 3.68. The summed E-state index contributed by atoms with van der Waals surface area (Å²) in [6, 6.07) is -0.986. The van der Waals surface area contributed by atoms with Gasteiger partial charge in [0, 0.05) is 0 Å². The molecule has 0 radical (unpaired) electrons. The van der Waals surface area contributed by atoms with Gasteiger partial charge < -0.3 is 25.7 Å². The van der Waals surface area contributed by atoms with E-state index in [1.807, 2.05) is 0 Å². The predicted octanol–water partition coefficient (Wildman–Crippen LogP) is 12.6. The van der Waals surface area contributed by atoms with Crippen molar-refractivity contribution in [1.29, 1.82) is 0 Å². The second-order valence-electron chi connectivity index (χ2n) is 16.5. The third-order valence-electron chi connectivity index (χ3n) is 11.2. The summed E-state index contributed by atoms with van der Waals surface area (Å²) in [6.07, 6.45) is 46.8. The van der Waals surface area contributed by atoms with Crippen LogP contribution in [0.3, 0.4) is 0 Å². The van der Waals surface area contributed by atoms with Gasteiger partial charge in [0.1, 0.15) is 12.2 Å². The zero-order valence-corrected chi connectivity index (χ0v) is 35.5. The van der Waals surface area contributed by atoms with Gasteiger partial charge in [0.2, 0.25) is 5.91 Å². The number of amides is 1. The third-order valence-corrected chi connectivity index (χ3v) is 11.2. The highest BCUT2D eigenvalue weighted by atomic mass is 16.3. The minimum atomic E-state index is -1.26. The largest absolute Gasteiger partial charge is 0.394 e. The van der Waals surface area contributed by atoms with Crippen molar-refractivity contribution < 1.29 is 25.2 Å². The summed E-state index contributed by atoms with van der Waals surface area (Å²) in [6.45, 7) is 4.06. The molecule has 4 atom stereocenters. The molecule has 5 N–H and O–H groups in total. The standard InChI is InChI=1S/C47H93NO5/c1-3-5-7-9-11-13-15-17-19-20-21-22-23-24-25-27-28-30-32-34-36-38-40-44(50)46(52)43(42-49)48-47(53)45(51)41-39-37-35-33-31-29-26-18-16-14-12-10-8-6-4-2/h26,29,43-46,49-52H,3-25,27-28,30-42H2,1-2H3,(H,48,53)/b29-26-. The molecule has 4 unspecified atom stereocenters. The van der Waals surface area contributed by atoms with Gasteiger partial charge in [-0.15, -0.1) is 0 Å². The van der Waals surface area contributed by atoms with E-state index < -0.39 is 36.9 Å². The van der Waals surface area contributed by atoms with Crippen molar-refractivity contribution in [3.8, 4) is 0 Å². The van der Waals surface area contributed by atoms with Gasteiger partial charge >= 0.3 is 0 Å². The zero-order chi connectivity index (χ0) is 38.9.